The van der Waals surface area contributed by atoms with Gasteiger partial charge < -0.3 is 15.0 Å². The number of halogens is 1. The fraction of sp³-hybridized carbons (Fsp3) is 0.333. The molecule has 0 bridgehead atoms. The molecule has 0 saturated carbocycles. The molecule has 1 N–H and O–H groups in total. The number of hydrogen-bond donors (Lipinski definition) is 1. The summed E-state index contributed by atoms with van der Waals surface area (Å²) in [7, 11) is 1.57. The number of anilines is 1. The molecular weight excluding hydrogens is 364 g/mol. The number of nitrogens with zero attached hydrogens (tertiary/aromatic N) is 1. The zero-order chi connectivity index (χ0) is 19.4. The van der Waals surface area contributed by atoms with E-state index in [1.54, 1.807) is 49.6 Å². The number of carbonyl (C=O) groups is 2. The molecule has 2 aromatic rings. The van der Waals surface area contributed by atoms with Gasteiger partial charge in [-0.2, -0.15) is 0 Å². The summed E-state index contributed by atoms with van der Waals surface area (Å²) in [4.78, 5) is 27.5. The van der Waals surface area contributed by atoms with Crippen LogP contribution in [0, 0.1) is 0 Å². The molecule has 1 atom stereocenters. The summed E-state index contributed by atoms with van der Waals surface area (Å²) in [5.74, 6) is 0.281. The van der Waals surface area contributed by atoms with Crippen molar-refractivity contribution in [2.24, 2.45) is 0 Å². The number of amides is 2. The lowest BCUT2D eigenvalue weighted by atomic mass is 10.0. The first-order valence-electron chi connectivity index (χ1n) is 9.05. The van der Waals surface area contributed by atoms with E-state index in [9.17, 15) is 9.59 Å². The van der Waals surface area contributed by atoms with Crippen molar-refractivity contribution in [3.63, 3.8) is 0 Å². The molecule has 1 aliphatic heterocycles. The van der Waals surface area contributed by atoms with Gasteiger partial charge in [-0.05, 0) is 68.7 Å². The Morgan fingerprint density at radius 1 is 1.15 bits per heavy atom. The van der Waals surface area contributed by atoms with E-state index >= 15 is 0 Å². The Morgan fingerprint density at radius 3 is 2.56 bits per heavy atom. The molecule has 1 unspecified atom stereocenters. The van der Waals surface area contributed by atoms with Gasteiger partial charge >= 0.3 is 0 Å². The number of piperidine rings is 1. The minimum absolute atomic E-state index is 0.102. The first-order valence-corrected chi connectivity index (χ1v) is 9.43. The van der Waals surface area contributed by atoms with Crippen molar-refractivity contribution < 1.29 is 14.3 Å². The zero-order valence-corrected chi connectivity index (χ0v) is 16.3. The minimum Gasteiger partial charge on any atom is -0.497 e. The van der Waals surface area contributed by atoms with Crippen molar-refractivity contribution in [1.82, 2.24) is 4.90 Å². The third-order valence-corrected chi connectivity index (χ3v) is 5.11. The summed E-state index contributed by atoms with van der Waals surface area (Å²) in [6.07, 6.45) is 3.10. The smallest absolute Gasteiger partial charge is 0.256 e. The number of carbonyl (C=O) groups excluding carboxylic acids is 2. The monoisotopic (exact) mass is 386 g/mol. The van der Waals surface area contributed by atoms with E-state index in [2.05, 4.69) is 12.2 Å². The van der Waals surface area contributed by atoms with Crippen molar-refractivity contribution >= 4 is 29.1 Å². The van der Waals surface area contributed by atoms with Gasteiger partial charge in [-0.3, -0.25) is 9.59 Å². The van der Waals surface area contributed by atoms with Gasteiger partial charge in [0.1, 0.15) is 5.75 Å². The van der Waals surface area contributed by atoms with Gasteiger partial charge in [-0.1, -0.05) is 11.6 Å². The Morgan fingerprint density at radius 2 is 1.89 bits per heavy atom. The van der Waals surface area contributed by atoms with E-state index in [0.29, 0.717) is 27.6 Å². The molecule has 6 heteroatoms. The SMILES string of the molecule is COc1ccc(C(=O)Nc2ccc(Cl)cc2C(=O)N2CCCCC2C)cc1. The molecule has 1 heterocycles. The van der Waals surface area contributed by atoms with E-state index in [4.69, 9.17) is 16.3 Å². The highest BCUT2D eigenvalue weighted by atomic mass is 35.5. The molecule has 0 radical (unpaired) electrons. The highest BCUT2D eigenvalue weighted by Gasteiger charge is 2.26. The quantitative estimate of drug-likeness (QED) is 0.834. The maximum atomic E-state index is 13.1. The molecule has 3 rings (SSSR count). The van der Waals surface area contributed by atoms with Crippen LogP contribution in [0.3, 0.4) is 0 Å². The lowest BCUT2D eigenvalue weighted by Gasteiger charge is -2.34. The van der Waals surface area contributed by atoms with E-state index in [1.807, 2.05) is 4.90 Å². The topological polar surface area (TPSA) is 58.6 Å². The largest absolute Gasteiger partial charge is 0.497 e. The van der Waals surface area contributed by atoms with Crippen LogP contribution in [0.4, 0.5) is 5.69 Å². The normalized spacial score (nSPS) is 16.7. The van der Waals surface area contributed by atoms with Crippen LogP contribution < -0.4 is 10.1 Å². The van der Waals surface area contributed by atoms with Crippen LogP contribution in [0.15, 0.2) is 42.5 Å². The Balaban J connectivity index is 1.84. The van der Waals surface area contributed by atoms with Gasteiger partial charge in [0.05, 0.1) is 18.4 Å². The van der Waals surface area contributed by atoms with Crippen LogP contribution in [0.2, 0.25) is 5.02 Å². The highest BCUT2D eigenvalue weighted by molar-refractivity contribution is 6.31. The predicted molar refractivity (Wildman–Crippen MR) is 107 cm³/mol. The van der Waals surface area contributed by atoms with Crippen LogP contribution >= 0.6 is 11.6 Å². The number of ether oxygens (including phenoxy) is 1. The number of benzene rings is 2. The first kappa shape index (κ1) is 19.2. The summed E-state index contributed by atoms with van der Waals surface area (Å²) in [5.41, 5.74) is 1.36. The van der Waals surface area contributed by atoms with Gasteiger partial charge in [0.15, 0.2) is 0 Å². The summed E-state index contributed by atoms with van der Waals surface area (Å²) in [6, 6.07) is 11.9. The van der Waals surface area contributed by atoms with Crippen molar-refractivity contribution in [2.75, 3.05) is 19.0 Å². The summed E-state index contributed by atoms with van der Waals surface area (Å²) in [6.45, 7) is 2.77. The van der Waals surface area contributed by atoms with Crippen LogP contribution in [0.1, 0.15) is 46.9 Å². The number of rotatable bonds is 4. The van der Waals surface area contributed by atoms with Crippen LogP contribution in [0.5, 0.6) is 5.75 Å². The molecule has 27 heavy (non-hydrogen) atoms. The van der Waals surface area contributed by atoms with Gasteiger partial charge in [-0.25, -0.2) is 0 Å². The third kappa shape index (κ3) is 4.42. The maximum absolute atomic E-state index is 13.1. The van der Waals surface area contributed by atoms with Gasteiger partial charge in [0.2, 0.25) is 0 Å². The van der Waals surface area contributed by atoms with Gasteiger partial charge in [-0.15, -0.1) is 0 Å². The predicted octanol–water partition coefficient (Wildman–Crippen LogP) is 4.62. The highest BCUT2D eigenvalue weighted by Crippen LogP contribution is 2.26. The summed E-state index contributed by atoms with van der Waals surface area (Å²) >= 11 is 6.13. The number of nitrogens with one attached hydrogen (secondary N) is 1. The Bertz CT molecular complexity index is 836. The lowest BCUT2D eigenvalue weighted by molar-refractivity contribution is 0.0636. The number of methoxy groups -OCH3 is 1. The molecule has 5 nitrogen and oxygen atoms in total. The average molecular weight is 387 g/mol. The Hall–Kier alpha value is -2.53. The van der Waals surface area contributed by atoms with E-state index in [-0.39, 0.29) is 17.9 Å². The van der Waals surface area contributed by atoms with Crippen LogP contribution in [-0.2, 0) is 0 Å². The molecule has 2 aromatic carbocycles. The number of hydrogen-bond acceptors (Lipinski definition) is 3. The second kappa shape index (κ2) is 8.44. The fourth-order valence-electron chi connectivity index (χ4n) is 3.29. The molecule has 1 saturated heterocycles. The van der Waals surface area contributed by atoms with E-state index in [0.717, 1.165) is 25.8 Å². The second-order valence-corrected chi connectivity index (χ2v) is 7.15. The van der Waals surface area contributed by atoms with E-state index < -0.39 is 0 Å². The lowest BCUT2D eigenvalue weighted by Crippen LogP contribution is -2.42. The van der Waals surface area contributed by atoms with Crippen molar-refractivity contribution in [3.05, 3.63) is 58.6 Å². The molecular formula is C21H23ClN2O3. The Labute approximate surface area is 164 Å². The summed E-state index contributed by atoms with van der Waals surface area (Å²) in [5, 5.41) is 3.30. The molecule has 1 fully saturated rings. The van der Waals surface area contributed by atoms with E-state index in [1.165, 1.54) is 0 Å². The standard InChI is InChI=1S/C21H23ClN2O3/c1-14-5-3-4-12-24(14)21(26)18-13-16(22)8-11-19(18)23-20(25)15-6-9-17(27-2)10-7-15/h6-11,13-14H,3-5,12H2,1-2H3,(H,23,25). The fourth-order valence-corrected chi connectivity index (χ4v) is 3.47. The van der Waals surface area contributed by atoms with Crippen molar-refractivity contribution in [3.8, 4) is 5.75 Å². The molecule has 1 aliphatic rings. The molecule has 2 amide bonds. The maximum Gasteiger partial charge on any atom is 0.256 e. The summed E-state index contributed by atoms with van der Waals surface area (Å²) < 4.78 is 5.11. The van der Waals surface area contributed by atoms with Crippen molar-refractivity contribution in [2.45, 2.75) is 32.2 Å². The minimum atomic E-state index is -0.291. The van der Waals surface area contributed by atoms with Gasteiger partial charge in [0.25, 0.3) is 11.8 Å². The third-order valence-electron chi connectivity index (χ3n) is 4.88. The molecule has 0 aromatic heterocycles. The van der Waals surface area contributed by atoms with Crippen molar-refractivity contribution in [1.29, 1.82) is 0 Å². The molecule has 142 valence electrons. The molecule has 0 aliphatic carbocycles. The van der Waals surface area contributed by atoms with Gasteiger partial charge in [0, 0.05) is 23.2 Å². The second-order valence-electron chi connectivity index (χ2n) is 6.72. The van der Waals surface area contributed by atoms with Crippen LogP contribution in [-0.4, -0.2) is 36.4 Å². The molecule has 0 spiro atoms. The first-order chi connectivity index (χ1) is 13.0. The Kier molecular flexibility index (Phi) is 6.01. The average Bonchev–Trinajstić information content (AvgIpc) is 2.69. The van der Waals surface area contributed by atoms with Crippen LogP contribution in [0.25, 0.3) is 0 Å². The zero-order valence-electron chi connectivity index (χ0n) is 15.5. The number of likely N-dealkylation sites (tertiary alicyclic amines) is 1.